The number of nitrogens with two attached hydrogens (primary N) is 1. The normalized spacial score (nSPS) is 12.5. The van der Waals surface area contributed by atoms with Crippen molar-refractivity contribution in [2.75, 3.05) is 0 Å². The smallest absolute Gasteiger partial charge is 0.134 e. The van der Waals surface area contributed by atoms with Gasteiger partial charge in [-0.05, 0) is 11.6 Å². The molecule has 11 heavy (non-hydrogen) atoms. The van der Waals surface area contributed by atoms with Gasteiger partial charge < -0.3 is 10.8 Å². The molecule has 0 aliphatic carbocycles. The van der Waals surface area contributed by atoms with E-state index in [1.807, 2.05) is 0 Å². The maximum atomic E-state index is 9.01. The minimum absolute atomic E-state index is 0.125. The van der Waals surface area contributed by atoms with Gasteiger partial charge in [-0.2, -0.15) is 0 Å². The van der Waals surface area contributed by atoms with Crippen molar-refractivity contribution in [2.24, 2.45) is 5.73 Å². The number of rotatable bonds is 2. The van der Waals surface area contributed by atoms with Crippen LogP contribution in [0.3, 0.4) is 0 Å². The lowest BCUT2D eigenvalue weighted by Crippen LogP contribution is -2.06. The summed E-state index contributed by atoms with van der Waals surface area (Å²) in [6.45, 7) is 3.53. The summed E-state index contributed by atoms with van der Waals surface area (Å²) in [5.41, 5.74) is 6.36. The van der Waals surface area contributed by atoms with E-state index >= 15 is 0 Å². The fourth-order valence-electron chi connectivity index (χ4n) is 0.763. The molecule has 0 unspecified atom stereocenters. The van der Waals surface area contributed by atoms with Crippen LogP contribution in [-0.4, -0.2) is 10.1 Å². The van der Waals surface area contributed by atoms with Gasteiger partial charge in [0.05, 0.1) is 6.20 Å². The molecular weight excluding hydrogens is 140 g/mol. The molecule has 0 saturated carbocycles. The predicted molar refractivity (Wildman–Crippen MR) is 43.0 cm³/mol. The van der Waals surface area contributed by atoms with Crippen molar-refractivity contribution in [3.05, 3.63) is 36.7 Å². The summed E-state index contributed by atoms with van der Waals surface area (Å²) in [7, 11) is 0. The Bertz CT molecular complexity index is 260. The van der Waals surface area contributed by atoms with E-state index in [2.05, 4.69) is 11.6 Å². The van der Waals surface area contributed by atoms with Crippen molar-refractivity contribution in [1.29, 1.82) is 0 Å². The Balaban J connectivity index is 2.95. The fourth-order valence-corrected chi connectivity index (χ4v) is 0.763. The zero-order chi connectivity index (χ0) is 8.27. The van der Waals surface area contributed by atoms with Crippen LogP contribution in [0.2, 0.25) is 0 Å². The second-order valence-corrected chi connectivity index (χ2v) is 2.24. The van der Waals surface area contributed by atoms with Gasteiger partial charge in [-0.25, -0.2) is 0 Å². The Morgan fingerprint density at radius 3 is 2.91 bits per heavy atom. The highest BCUT2D eigenvalue weighted by Crippen LogP contribution is 2.14. The molecule has 0 aromatic carbocycles. The highest BCUT2D eigenvalue weighted by molar-refractivity contribution is 5.26. The molecule has 1 heterocycles. The molecule has 3 heteroatoms. The van der Waals surface area contributed by atoms with Crippen LogP contribution in [0.15, 0.2) is 31.1 Å². The van der Waals surface area contributed by atoms with Gasteiger partial charge in [0.2, 0.25) is 0 Å². The summed E-state index contributed by atoms with van der Waals surface area (Å²) in [5, 5.41) is 9.01. The maximum absolute atomic E-state index is 9.01. The molecule has 1 aromatic rings. The zero-order valence-electron chi connectivity index (χ0n) is 6.07. The first-order chi connectivity index (χ1) is 5.24. The fraction of sp³-hybridized carbons (Fsp3) is 0.125. The molecule has 3 N–H and O–H groups in total. The van der Waals surface area contributed by atoms with Crippen LogP contribution in [0, 0.1) is 0 Å². The van der Waals surface area contributed by atoms with E-state index in [4.69, 9.17) is 10.8 Å². The number of aromatic hydroxyl groups is 1. The third kappa shape index (κ3) is 1.78. The van der Waals surface area contributed by atoms with Crippen LogP contribution in [0.25, 0.3) is 0 Å². The Kier molecular flexibility index (Phi) is 2.23. The number of nitrogens with zero attached hydrogens (tertiary/aromatic N) is 1. The number of pyridine rings is 1. The second kappa shape index (κ2) is 3.16. The summed E-state index contributed by atoms with van der Waals surface area (Å²) in [4.78, 5) is 3.78. The Hall–Kier alpha value is -1.35. The number of hydrogen-bond acceptors (Lipinski definition) is 3. The molecule has 1 aromatic heterocycles. The van der Waals surface area contributed by atoms with Crippen LogP contribution in [0.1, 0.15) is 11.6 Å². The molecule has 0 spiro atoms. The standard InChI is InChI=1S/C8H10N2O/c1-2-8(9)6-3-7(11)5-10-4-6/h2-5,8,11H,1,9H2/t8-/m1/s1. The third-order valence-corrected chi connectivity index (χ3v) is 1.38. The molecule has 0 radical (unpaired) electrons. The van der Waals surface area contributed by atoms with Gasteiger partial charge in [-0.3, -0.25) is 4.98 Å². The zero-order valence-corrected chi connectivity index (χ0v) is 6.07. The van der Waals surface area contributed by atoms with Crippen molar-refractivity contribution >= 4 is 0 Å². The van der Waals surface area contributed by atoms with Crippen LogP contribution in [0.4, 0.5) is 0 Å². The quantitative estimate of drug-likeness (QED) is 0.617. The molecule has 0 bridgehead atoms. The Morgan fingerprint density at radius 1 is 1.64 bits per heavy atom. The number of hydrogen-bond donors (Lipinski definition) is 2. The second-order valence-electron chi connectivity index (χ2n) is 2.24. The first kappa shape index (κ1) is 7.75. The monoisotopic (exact) mass is 150 g/mol. The molecule has 0 fully saturated rings. The van der Waals surface area contributed by atoms with Gasteiger partial charge >= 0.3 is 0 Å². The van der Waals surface area contributed by atoms with Gasteiger partial charge in [0.25, 0.3) is 0 Å². The lowest BCUT2D eigenvalue weighted by Gasteiger charge is -2.04. The Labute approximate surface area is 65.2 Å². The summed E-state index contributed by atoms with van der Waals surface area (Å²) in [5.74, 6) is 0.125. The van der Waals surface area contributed by atoms with Gasteiger partial charge in [-0.1, -0.05) is 6.08 Å². The third-order valence-electron chi connectivity index (χ3n) is 1.38. The lowest BCUT2D eigenvalue weighted by molar-refractivity contribution is 0.471. The van der Waals surface area contributed by atoms with Crippen molar-refractivity contribution in [3.63, 3.8) is 0 Å². The predicted octanol–water partition coefficient (Wildman–Crippen LogP) is 0.973. The molecule has 0 saturated heterocycles. The van der Waals surface area contributed by atoms with E-state index in [-0.39, 0.29) is 11.8 Å². The van der Waals surface area contributed by atoms with Crippen LogP contribution >= 0.6 is 0 Å². The van der Waals surface area contributed by atoms with E-state index in [1.165, 1.54) is 6.20 Å². The largest absolute Gasteiger partial charge is 0.506 e. The average molecular weight is 150 g/mol. The van der Waals surface area contributed by atoms with Crippen LogP contribution in [0.5, 0.6) is 5.75 Å². The highest BCUT2D eigenvalue weighted by Gasteiger charge is 2.00. The molecule has 1 atom stereocenters. The summed E-state index contributed by atoms with van der Waals surface area (Å²) in [6, 6.07) is 1.31. The highest BCUT2D eigenvalue weighted by atomic mass is 16.3. The average Bonchev–Trinajstić information content (AvgIpc) is 2.03. The van der Waals surface area contributed by atoms with Crippen molar-refractivity contribution in [1.82, 2.24) is 4.98 Å². The SMILES string of the molecule is C=C[C@@H](N)c1cncc(O)c1. The van der Waals surface area contributed by atoms with E-state index in [0.29, 0.717) is 0 Å². The van der Waals surface area contributed by atoms with E-state index in [0.717, 1.165) is 5.56 Å². The van der Waals surface area contributed by atoms with Crippen LogP contribution < -0.4 is 5.73 Å². The molecule has 1 rings (SSSR count). The van der Waals surface area contributed by atoms with Gasteiger partial charge in [0.15, 0.2) is 0 Å². The van der Waals surface area contributed by atoms with E-state index < -0.39 is 0 Å². The van der Waals surface area contributed by atoms with Crippen molar-refractivity contribution in [3.8, 4) is 5.75 Å². The minimum Gasteiger partial charge on any atom is -0.506 e. The van der Waals surface area contributed by atoms with Gasteiger partial charge in [0.1, 0.15) is 5.75 Å². The summed E-state index contributed by atoms with van der Waals surface area (Å²) in [6.07, 6.45) is 4.56. The van der Waals surface area contributed by atoms with Crippen molar-refractivity contribution < 1.29 is 5.11 Å². The molecule has 58 valence electrons. The molecule has 0 aliphatic rings. The maximum Gasteiger partial charge on any atom is 0.134 e. The first-order valence-electron chi connectivity index (χ1n) is 3.26. The molecule has 0 aliphatic heterocycles. The van der Waals surface area contributed by atoms with E-state index in [9.17, 15) is 0 Å². The lowest BCUT2D eigenvalue weighted by atomic mass is 10.1. The topological polar surface area (TPSA) is 59.1 Å². The number of aromatic nitrogens is 1. The van der Waals surface area contributed by atoms with Crippen LogP contribution in [-0.2, 0) is 0 Å². The minimum atomic E-state index is -0.255. The summed E-state index contributed by atoms with van der Waals surface area (Å²) < 4.78 is 0. The Morgan fingerprint density at radius 2 is 2.36 bits per heavy atom. The molecule has 3 nitrogen and oxygen atoms in total. The van der Waals surface area contributed by atoms with E-state index in [1.54, 1.807) is 18.3 Å². The molecule has 0 amide bonds. The van der Waals surface area contributed by atoms with Crippen molar-refractivity contribution in [2.45, 2.75) is 6.04 Å². The first-order valence-corrected chi connectivity index (χ1v) is 3.26. The molecular formula is C8H10N2O. The van der Waals surface area contributed by atoms with Gasteiger partial charge in [-0.15, -0.1) is 6.58 Å². The van der Waals surface area contributed by atoms with Gasteiger partial charge in [0, 0.05) is 12.2 Å². The summed E-state index contributed by atoms with van der Waals surface area (Å²) >= 11 is 0.